The first kappa shape index (κ1) is 20.7. The monoisotopic (exact) mass is 412 g/mol. The van der Waals surface area contributed by atoms with Crippen LogP contribution in [0.5, 0.6) is 0 Å². The van der Waals surface area contributed by atoms with Crippen molar-refractivity contribution >= 4 is 10.8 Å². The second-order valence-corrected chi connectivity index (χ2v) is 9.74. The molecule has 3 atom stereocenters. The summed E-state index contributed by atoms with van der Waals surface area (Å²) in [6.07, 6.45) is 7.92. The summed E-state index contributed by atoms with van der Waals surface area (Å²) in [5, 5.41) is 6.70. The first-order valence-electron chi connectivity index (χ1n) is 12.3. The lowest BCUT2D eigenvalue weighted by atomic mass is 9.80. The molecular formula is C29H36N2. The Morgan fingerprint density at radius 2 is 1.65 bits per heavy atom. The zero-order valence-corrected chi connectivity index (χ0v) is 18.9. The predicted octanol–water partition coefficient (Wildman–Crippen LogP) is 6.81. The summed E-state index contributed by atoms with van der Waals surface area (Å²) in [6.45, 7) is 6.00. The van der Waals surface area contributed by atoms with Crippen molar-refractivity contribution < 1.29 is 0 Å². The molecule has 2 heteroatoms. The molecule has 0 aromatic heterocycles. The van der Waals surface area contributed by atoms with Crippen LogP contribution in [0.25, 0.3) is 10.8 Å². The number of fused-ring (bicyclic) bond motifs is 1. The van der Waals surface area contributed by atoms with Gasteiger partial charge in [-0.25, -0.2) is 0 Å². The van der Waals surface area contributed by atoms with Gasteiger partial charge in [0.1, 0.15) is 0 Å². The molecule has 0 radical (unpaired) electrons. The highest BCUT2D eigenvalue weighted by Gasteiger charge is 2.25. The number of benzene rings is 3. The summed E-state index contributed by atoms with van der Waals surface area (Å²) < 4.78 is 0. The van der Waals surface area contributed by atoms with E-state index in [1.807, 2.05) is 0 Å². The van der Waals surface area contributed by atoms with Crippen LogP contribution in [0.4, 0.5) is 0 Å². The Labute approximate surface area is 187 Å². The Hall–Kier alpha value is -2.16. The number of hydrogen-bond donors (Lipinski definition) is 1. The van der Waals surface area contributed by atoms with Crippen molar-refractivity contribution in [1.82, 2.24) is 10.2 Å². The van der Waals surface area contributed by atoms with Gasteiger partial charge in [0.05, 0.1) is 0 Å². The quantitative estimate of drug-likeness (QED) is 0.478. The van der Waals surface area contributed by atoms with Gasteiger partial charge in [-0.1, -0.05) is 73.2 Å². The molecule has 1 saturated carbocycles. The average molecular weight is 413 g/mol. The molecule has 0 bridgehead atoms. The number of hydrogen-bond acceptors (Lipinski definition) is 2. The summed E-state index contributed by atoms with van der Waals surface area (Å²) in [4.78, 5) is 2.59. The molecule has 162 valence electrons. The summed E-state index contributed by atoms with van der Waals surface area (Å²) in [5.74, 6) is 0.687. The smallest absolute Gasteiger partial charge is 0.0300 e. The molecule has 1 N–H and O–H groups in total. The molecule has 1 aliphatic heterocycles. The third-order valence-electron chi connectivity index (χ3n) is 7.51. The fraction of sp³-hybridized carbons (Fsp3) is 0.448. The summed E-state index contributed by atoms with van der Waals surface area (Å²) >= 11 is 0. The Kier molecular flexibility index (Phi) is 6.38. The van der Waals surface area contributed by atoms with E-state index in [1.165, 1.54) is 79.1 Å². The first-order chi connectivity index (χ1) is 15.3. The number of likely N-dealkylation sites (tertiary alicyclic amines) is 1. The summed E-state index contributed by atoms with van der Waals surface area (Å²) in [7, 11) is 0. The van der Waals surface area contributed by atoms with Gasteiger partial charge in [-0.2, -0.15) is 0 Å². The van der Waals surface area contributed by atoms with Crippen LogP contribution < -0.4 is 5.32 Å². The van der Waals surface area contributed by atoms with E-state index in [-0.39, 0.29) is 0 Å². The van der Waals surface area contributed by atoms with Crippen LogP contribution in [0, 0.1) is 0 Å². The normalized spacial score (nSPS) is 23.3. The van der Waals surface area contributed by atoms with Crippen LogP contribution in [0.2, 0.25) is 0 Å². The van der Waals surface area contributed by atoms with Crippen LogP contribution in [0.3, 0.4) is 0 Å². The molecule has 0 amide bonds. The van der Waals surface area contributed by atoms with Crippen molar-refractivity contribution in [3.05, 3.63) is 83.4 Å². The van der Waals surface area contributed by atoms with Crippen LogP contribution in [0.15, 0.2) is 66.7 Å². The highest BCUT2D eigenvalue weighted by atomic mass is 15.1. The van der Waals surface area contributed by atoms with Crippen molar-refractivity contribution in [2.75, 3.05) is 13.1 Å². The third-order valence-corrected chi connectivity index (χ3v) is 7.51. The molecule has 1 heterocycles. The van der Waals surface area contributed by atoms with E-state index in [1.54, 1.807) is 0 Å². The van der Waals surface area contributed by atoms with Crippen molar-refractivity contribution in [3.63, 3.8) is 0 Å². The molecule has 1 aliphatic carbocycles. The van der Waals surface area contributed by atoms with Gasteiger partial charge < -0.3 is 5.32 Å². The second-order valence-electron chi connectivity index (χ2n) is 9.74. The average Bonchev–Trinajstić information content (AvgIpc) is 3.32. The van der Waals surface area contributed by atoms with Gasteiger partial charge in [-0.05, 0) is 85.5 Å². The minimum absolute atomic E-state index is 0.373. The molecule has 2 unspecified atom stereocenters. The van der Waals surface area contributed by atoms with Gasteiger partial charge in [0.15, 0.2) is 0 Å². The second kappa shape index (κ2) is 9.54. The summed E-state index contributed by atoms with van der Waals surface area (Å²) in [6, 6.07) is 26.0. The Morgan fingerprint density at radius 3 is 2.48 bits per heavy atom. The molecule has 31 heavy (non-hydrogen) atoms. The third kappa shape index (κ3) is 4.86. The lowest BCUT2D eigenvalue weighted by Crippen LogP contribution is -2.35. The Morgan fingerprint density at radius 1 is 0.871 bits per heavy atom. The minimum Gasteiger partial charge on any atom is -0.307 e. The van der Waals surface area contributed by atoms with Gasteiger partial charge in [-0.3, -0.25) is 4.90 Å². The molecule has 1 saturated heterocycles. The molecule has 2 nitrogen and oxygen atoms in total. The standard InChI is InChI=1S/C29H36N2/c1-22(28-13-7-9-25-8-2-3-12-29(25)28)30-27-11-6-10-26(20-27)24-16-14-23(15-17-24)21-31-18-4-5-19-31/h2-3,7-9,12-17,22,26-27,30H,4-6,10-11,18-21H2,1H3/t22-,26?,27?/m1/s1. The Bertz CT molecular complexity index is 982. The molecule has 5 rings (SSSR count). The zero-order chi connectivity index (χ0) is 21.0. The SMILES string of the molecule is C[C@@H](NC1CCCC(c2ccc(CN3CCCC3)cc2)C1)c1cccc2ccccc12. The number of nitrogens with one attached hydrogen (secondary N) is 1. The predicted molar refractivity (Wildman–Crippen MR) is 131 cm³/mol. The number of nitrogens with zero attached hydrogens (tertiary/aromatic N) is 1. The molecule has 3 aromatic carbocycles. The van der Waals surface area contributed by atoms with Crippen molar-refractivity contribution in [1.29, 1.82) is 0 Å². The van der Waals surface area contributed by atoms with Crippen molar-refractivity contribution in [2.24, 2.45) is 0 Å². The van der Waals surface area contributed by atoms with Gasteiger partial charge in [-0.15, -0.1) is 0 Å². The highest BCUT2D eigenvalue weighted by Crippen LogP contribution is 2.34. The maximum atomic E-state index is 3.98. The lowest BCUT2D eigenvalue weighted by molar-refractivity contribution is 0.318. The Balaban J connectivity index is 1.23. The maximum absolute atomic E-state index is 3.98. The minimum atomic E-state index is 0.373. The zero-order valence-electron chi connectivity index (χ0n) is 18.9. The molecule has 2 fully saturated rings. The highest BCUT2D eigenvalue weighted by molar-refractivity contribution is 5.86. The van der Waals surface area contributed by atoms with Crippen LogP contribution in [-0.2, 0) is 6.54 Å². The van der Waals surface area contributed by atoms with E-state index >= 15 is 0 Å². The van der Waals surface area contributed by atoms with Gasteiger partial charge >= 0.3 is 0 Å². The maximum Gasteiger partial charge on any atom is 0.0300 e. The molecular weight excluding hydrogens is 376 g/mol. The van der Waals surface area contributed by atoms with Gasteiger partial charge in [0.25, 0.3) is 0 Å². The largest absolute Gasteiger partial charge is 0.307 e. The van der Waals surface area contributed by atoms with E-state index < -0.39 is 0 Å². The molecule has 2 aliphatic rings. The molecule has 0 spiro atoms. The molecule has 3 aromatic rings. The van der Waals surface area contributed by atoms with E-state index in [4.69, 9.17) is 0 Å². The fourth-order valence-corrected chi connectivity index (χ4v) is 5.81. The lowest BCUT2D eigenvalue weighted by Gasteiger charge is -2.32. The van der Waals surface area contributed by atoms with E-state index in [0.29, 0.717) is 18.0 Å². The van der Waals surface area contributed by atoms with E-state index in [0.717, 1.165) is 6.54 Å². The van der Waals surface area contributed by atoms with Gasteiger partial charge in [0.2, 0.25) is 0 Å². The summed E-state index contributed by atoms with van der Waals surface area (Å²) in [5.41, 5.74) is 4.43. The van der Waals surface area contributed by atoms with Crippen molar-refractivity contribution in [2.45, 2.75) is 70.0 Å². The first-order valence-corrected chi connectivity index (χ1v) is 12.3. The van der Waals surface area contributed by atoms with E-state index in [2.05, 4.69) is 83.9 Å². The topological polar surface area (TPSA) is 15.3 Å². The van der Waals surface area contributed by atoms with E-state index in [9.17, 15) is 0 Å². The van der Waals surface area contributed by atoms with Crippen LogP contribution in [0.1, 0.15) is 74.1 Å². The van der Waals surface area contributed by atoms with Crippen LogP contribution >= 0.6 is 0 Å². The number of rotatable bonds is 6. The fourth-order valence-electron chi connectivity index (χ4n) is 5.81. The van der Waals surface area contributed by atoms with Crippen molar-refractivity contribution in [3.8, 4) is 0 Å². The van der Waals surface area contributed by atoms with Gasteiger partial charge in [0, 0.05) is 18.6 Å². The van der Waals surface area contributed by atoms with Crippen LogP contribution in [-0.4, -0.2) is 24.0 Å².